The first-order valence-corrected chi connectivity index (χ1v) is 6.78. The van der Waals surface area contributed by atoms with Crippen LogP contribution in [0.3, 0.4) is 0 Å². The number of aromatic carboxylic acids is 1. The van der Waals surface area contributed by atoms with Gasteiger partial charge in [-0.1, -0.05) is 0 Å². The normalized spacial score (nSPS) is 10.1. The van der Waals surface area contributed by atoms with E-state index >= 15 is 0 Å². The molecule has 6 heteroatoms. The molecule has 0 amide bonds. The van der Waals surface area contributed by atoms with Crippen LogP contribution in [0.4, 0.5) is 11.5 Å². The largest absolute Gasteiger partial charge is 0.494 e. The Labute approximate surface area is 124 Å². The van der Waals surface area contributed by atoms with E-state index in [0.717, 1.165) is 11.4 Å². The number of hydrogen-bond donors (Lipinski definition) is 2. The summed E-state index contributed by atoms with van der Waals surface area (Å²) in [6.07, 6.45) is 1.31. The standard InChI is InChI=1S/C14H13BrN2O3/c1-2-20-11-5-3-10(4-6-11)17-13-12(15)7-9(8-16-13)14(18)19/h3-8H,2H2,1H3,(H,16,17)(H,18,19). The molecule has 0 saturated heterocycles. The van der Waals surface area contributed by atoms with Crippen LogP contribution < -0.4 is 10.1 Å². The van der Waals surface area contributed by atoms with Gasteiger partial charge in [0.25, 0.3) is 0 Å². The molecule has 1 heterocycles. The van der Waals surface area contributed by atoms with E-state index in [1.54, 1.807) is 0 Å². The molecule has 0 spiro atoms. The maximum Gasteiger partial charge on any atom is 0.337 e. The third kappa shape index (κ3) is 3.48. The van der Waals surface area contributed by atoms with Gasteiger partial charge in [0, 0.05) is 11.9 Å². The molecule has 2 rings (SSSR count). The molecule has 1 aromatic carbocycles. The molecule has 2 aromatic rings. The molecule has 0 aliphatic rings. The van der Waals surface area contributed by atoms with Gasteiger partial charge in [-0.2, -0.15) is 0 Å². The molecule has 20 heavy (non-hydrogen) atoms. The van der Waals surface area contributed by atoms with Crippen LogP contribution in [0.25, 0.3) is 0 Å². The molecule has 0 aliphatic heterocycles. The first-order chi connectivity index (χ1) is 9.60. The topological polar surface area (TPSA) is 71.5 Å². The third-order valence-corrected chi connectivity index (χ3v) is 3.12. The number of carboxylic acid groups (broad SMARTS) is 1. The van der Waals surface area contributed by atoms with Crippen LogP contribution in [-0.4, -0.2) is 22.7 Å². The summed E-state index contributed by atoms with van der Waals surface area (Å²) in [5.74, 6) is 0.344. The highest BCUT2D eigenvalue weighted by atomic mass is 79.9. The number of benzene rings is 1. The van der Waals surface area contributed by atoms with Gasteiger partial charge in [-0.25, -0.2) is 9.78 Å². The summed E-state index contributed by atoms with van der Waals surface area (Å²) in [4.78, 5) is 14.9. The fourth-order valence-corrected chi connectivity index (χ4v) is 2.03. The Morgan fingerprint density at radius 3 is 2.65 bits per heavy atom. The van der Waals surface area contributed by atoms with Gasteiger partial charge in [-0.15, -0.1) is 0 Å². The molecule has 2 N–H and O–H groups in total. The van der Waals surface area contributed by atoms with Crippen LogP contribution in [0.2, 0.25) is 0 Å². The van der Waals surface area contributed by atoms with E-state index in [4.69, 9.17) is 9.84 Å². The number of carboxylic acids is 1. The Morgan fingerprint density at radius 1 is 1.40 bits per heavy atom. The number of nitrogens with zero attached hydrogens (tertiary/aromatic N) is 1. The van der Waals surface area contributed by atoms with E-state index < -0.39 is 5.97 Å². The zero-order valence-corrected chi connectivity index (χ0v) is 12.3. The van der Waals surface area contributed by atoms with E-state index in [1.165, 1.54) is 12.3 Å². The minimum Gasteiger partial charge on any atom is -0.494 e. The first-order valence-electron chi connectivity index (χ1n) is 5.99. The summed E-state index contributed by atoms with van der Waals surface area (Å²) in [5.41, 5.74) is 0.971. The molecular formula is C14H13BrN2O3. The van der Waals surface area contributed by atoms with Gasteiger partial charge in [0.15, 0.2) is 0 Å². The predicted molar refractivity (Wildman–Crippen MR) is 79.8 cm³/mol. The summed E-state index contributed by atoms with van der Waals surface area (Å²) < 4.78 is 5.95. The van der Waals surface area contributed by atoms with E-state index in [9.17, 15) is 4.79 Å². The average Bonchev–Trinajstić information content (AvgIpc) is 2.43. The van der Waals surface area contributed by atoms with Crippen molar-refractivity contribution in [3.63, 3.8) is 0 Å². The van der Waals surface area contributed by atoms with Gasteiger partial charge in [0.1, 0.15) is 11.6 Å². The van der Waals surface area contributed by atoms with Crippen LogP contribution in [0, 0.1) is 0 Å². The molecule has 0 unspecified atom stereocenters. The van der Waals surface area contributed by atoms with Crippen molar-refractivity contribution in [2.45, 2.75) is 6.92 Å². The lowest BCUT2D eigenvalue weighted by Gasteiger charge is -2.09. The smallest absolute Gasteiger partial charge is 0.337 e. The maximum absolute atomic E-state index is 10.8. The number of anilines is 2. The Bertz CT molecular complexity index is 614. The zero-order valence-electron chi connectivity index (χ0n) is 10.8. The van der Waals surface area contributed by atoms with Crippen LogP contribution >= 0.6 is 15.9 Å². The van der Waals surface area contributed by atoms with Gasteiger partial charge in [0.2, 0.25) is 0 Å². The van der Waals surface area contributed by atoms with Crippen molar-refractivity contribution in [2.24, 2.45) is 0 Å². The molecule has 0 radical (unpaired) electrons. The van der Waals surface area contributed by atoms with Crippen molar-refractivity contribution < 1.29 is 14.6 Å². The van der Waals surface area contributed by atoms with Crippen molar-refractivity contribution in [2.75, 3.05) is 11.9 Å². The number of hydrogen-bond acceptors (Lipinski definition) is 4. The number of carbonyl (C=O) groups is 1. The van der Waals surface area contributed by atoms with Gasteiger partial charge in [-0.05, 0) is 53.2 Å². The van der Waals surface area contributed by atoms with Crippen molar-refractivity contribution in [3.05, 3.63) is 46.6 Å². The Morgan fingerprint density at radius 2 is 2.10 bits per heavy atom. The summed E-state index contributed by atoms with van der Waals surface area (Å²) in [5, 5.41) is 12.0. The molecule has 0 aliphatic carbocycles. The Hall–Kier alpha value is -2.08. The van der Waals surface area contributed by atoms with Crippen LogP contribution in [0.5, 0.6) is 5.75 Å². The fourth-order valence-electron chi connectivity index (χ4n) is 1.58. The lowest BCUT2D eigenvalue weighted by Crippen LogP contribution is -2.00. The van der Waals surface area contributed by atoms with Gasteiger partial charge in [-0.3, -0.25) is 0 Å². The quantitative estimate of drug-likeness (QED) is 0.871. The summed E-state index contributed by atoms with van der Waals surface area (Å²) in [7, 11) is 0. The second kappa shape index (κ2) is 6.38. The maximum atomic E-state index is 10.8. The second-order valence-electron chi connectivity index (χ2n) is 3.94. The molecule has 104 valence electrons. The van der Waals surface area contributed by atoms with Gasteiger partial charge >= 0.3 is 5.97 Å². The first kappa shape index (κ1) is 14.3. The molecule has 0 atom stereocenters. The van der Waals surface area contributed by atoms with Crippen LogP contribution in [-0.2, 0) is 0 Å². The molecule has 1 aromatic heterocycles. The number of aromatic nitrogens is 1. The van der Waals surface area contributed by atoms with Crippen molar-refractivity contribution in [1.82, 2.24) is 4.98 Å². The number of nitrogens with one attached hydrogen (secondary N) is 1. The van der Waals surface area contributed by atoms with Crippen LogP contribution in [0.15, 0.2) is 41.0 Å². The van der Waals surface area contributed by atoms with Crippen molar-refractivity contribution in [1.29, 1.82) is 0 Å². The lowest BCUT2D eigenvalue weighted by molar-refractivity contribution is 0.0696. The van der Waals surface area contributed by atoms with E-state index in [2.05, 4.69) is 26.2 Å². The van der Waals surface area contributed by atoms with Gasteiger partial charge < -0.3 is 15.2 Å². The number of halogens is 1. The number of ether oxygens (including phenoxy) is 1. The average molecular weight is 337 g/mol. The highest BCUT2D eigenvalue weighted by Crippen LogP contribution is 2.25. The molecule has 0 saturated carbocycles. The monoisotopic (exact) mass is 336 g/mol. The minimum atomic E-state index is -1.01. The van der Waals surface area contributed by atoms with Crippen molar-refractivity contribution in [3.8, 4) is 5.75 Å². The SMILES string of the molecule is CCOc1ccc(Nc2ncc(C(=O)O)cc2Br)cc1. The molecular weight excluding hydrogens is 324 g/mol. The molecule has 5 nitrogen and oxygen atoms in total. The summed E-state index contributed by atoms with van der Waals surface area (Å²) in [6, 6.07) is 8.94. The van der Waals surface area contributed by atoms with E-state index in [0.29, 0.717) is 16.9 Å². The minimum absolute atomic E-state index is 0.133. The lowest BCUT2D eigenvalue weighted by atomic mass is 10.2. The second-order valence-corrected chi connectivity index (χ2v) is 4.80. The van der Waals surface area contributed by atoms with Gasteiger partial charge in [0.05, 0.1) is 16.6 Å². The Balaban J connectivity index is 2.15. The zero-order chi connectivity index (χ0) is 14.5. The highest BCUT2D eigenvalue weighted by molar-refractivity contribution is 9.10. The van der Waals surface area contributed by atoms with Crippen LogP contribution in [0.1, 0.15) is 17.3 Å². The van der Waals surface area contributed by atoms with E-state index in [-0.39, 0.29) is 5.56 Å². The van der Waals surface area contributed by atoms with E-state index in [1.807, 2.05) is 31.2 Å². The predicted octanol–water partition coefficient (Wildman–Crippen LogP) is 3.68. The highest BCUT2D eigenvalue weighted by Gasteiger charge is 2.08. The third-order valence-electron chi connectivity index (χ3n) is 2.52. The molecule has 0 fully saturated rings. The number of rotatable bonds is 5. The Kier molecular flexibility index (Phi) is 4.57. The molecule has 0 bridgehead atoms. The van der Waals surface area contributed by atoms with Crippen molar-refractivity contribution >= 4 is 33.4 Å². The summed E-state index contributed by atoms with van der Waals surface area (Å²) >= 11 is 3.30. The summed E-state index contributed by atoms with van der Waals surface area (Å²) in [6.45, 7) is 2.55. The number of pyridine rings is 1. The fraction of sp³-hybridized carbons (Fsp3) is 0.143.